The first-order valence-electron chi connectivity index (χ1n) is 4.69. The van der Waals surface area contributed by atoms with Gasteiger partial charge in [0.05, 0.1) is 9.84 Å². The highest BCUT2D eigenvalue weighted by Crippen LogP contribution is 2.59. The van der Waals surface area contributed by atoms with Crippen LogP contribution in [-0.2, 0) is 9.53 Å². The van der Waals surface area contributed by atoms with Crippen molar-refractivity contribution in [2.75, 3.05) is 6.61 Å². The van der Waals surface area contributed by atoms with E-state index in [0.29, 0.717) is 15.8 Å². The van der Waals surface area contributed by atoms with Crippen molar-refractivity contribution in [2.45, 2.75) is 16.4 Å². The van der Waals surface area contributed by atoms with E-state index in [1.165, 1.54) is 0 Å². The van der Waals surface area contributed by atoms with Crippen LogP contribution in [0.4, 0.5) is 0 Å². The van der Waals surface area contributed by atoms with Gasteiger partial charge in [-0.15, -0.1) is 0 Å². The molecule has 6 atom stereocenters. The van der Waals surface area contributed by atoms with Gasteiger partial charge in [0.2, 0.25) is 0 Å². The zero-order valence-electron chi connectivity index (χ0n) is 7.02. The Morgan fingerprint density at radius 2 is 2.31 bits per heavy atom. The Bertz CT molecular complexity index is 268. The predicted octanol–water partition coefficient (Wildman–Crippen LogP) is 0.590. The second-order valence-electron chi connectivity index (χ2n) is 4.28. The van der Waals surface area contributed by atoms with Crippen LogP contribution in [0, 0.1) is 23.7 Å². The highest BCUT2D eigenvalue weighted by atomic mass is 127. The number of hydrogen-bond donors (Lipinski definition) is 1. The molecule has 2 bridgehead atoms. The summed E-state index contributed by atoms with van der Waals surface area (Å²) in [5, 5.41) is 9.23. The molecular formula is C9H11IO3. The molecule has 72 valence electrons. The van der Waals surface area contributed by atoms with E-state index in [0.717, 1.165) is 6.42 Å². The zero-order valence-corrected chi connectivity index (χ0v) is 9.18. The van der Waals surface area contributed by atoms with Crippen LogP contribution >= 0.6 is 22.6 Å². The van der Waals surface area contributed by atoms with Crippen molar-refractivity contribution in [1.29, 1.82) is 0 Å². The summed E-state index contributed by atoms with van der Waals surface area (Å²) in [6.07, 6.45) is 1.24. The van der Waals surface area contributed by atoms with E-state index < -0.39 is 0 Å². The van der Waals surface area contributed by atoms with Gasteiger partial charge < -0.3 is 9.84 Å². The molecule has 4 heteroatoms. The summed E-state index contributed by atoms with van der Waals surface area (Å²) in [7, 11) is 0. The number of rotatable bonds is 1. The van der Waals surface area contributed by atoms with Crippen LogP contribution in [-0.4, -0.2) is 27.7 Å². The molecule has 1 saturated heterocycles. The number of carbonyl (C=O) groups excluding carboxylic acids is 1. The first-order chi connectivity index (χ1) is 6.24. The summed E-state index contributed by atoms with van der Waals surface area (Å²) in [5.74, 6) is 1.06. The molecular weight excluding hydrogens is 283 g/mol. The van der Waals surface area contributed by atoms with Crippen LogP contribution in [0.3, 0.4) is 0 Å². The van der Waals surface area contributed by atoms with Gasteiger partial charge in [-0.2, -0.15) is 0 Å². The van der Waals surface area contributed by atoms with E-state index in [9.17, 15) is 9.90 Å². The maximum Gasteiger partial charge on any atom is 0.310 e. The predicted molar refractivity (Wildman–Crippen MR) is 53.4 cm³/mol. The van der Waals surface area contributed by atoms with Gasteiger partial charge in [0.25, 0.3) is 0 Å². The number of carbonyl (C=O) groups is 1. The molecule has 3 aliphatic rings. The Morgan fingerprint density at radius 3 is 3.00 bits per heavy atom. The standard InChI is InChI=1S/C9H11IO3/c10-7-3-1-4-6(5(3)2-11)9(12)13-8(4)7/h3-8,11H,1-2H2/t3-,4-,5-,6-,7+,8+/m1/s1. The Kier molecular flexibility index (Phi) is 1.69. The lowest BCUT2D eigenvalue weighted by Crippen LogP contribution is -2.35. The Labute approximate surface area is 90.0 Å². The highest BCUT2D eigenvalue weighted by Gasteiger charge is 2.65. The van der Waals surface area contributed by atoms with Crippen molar-refractivity contribution in [3.63, 3.8) is 0 Å². The van der Waals surface area contributed by atoms with Crippen molar-refractivity contribution in [3.05, 3.63) is 0 Å². The molecule has 3 rings (SSSR count). The summed E-state index contributed by atoms with van der Waals surface area (Å²) < 4.78 is 5.76. The summed E-state index contributed by atoms with van der Waals surface area (Å²) in [6.45, 7) is 0.146. The third-order valence-corrected chi connectivity index (χ3v) is 5.53. The van der Waals surface area contributed by atoms with Crippen LogP contribution in [0.2, 0.25) is 0 Å². The largest absolute Gasteiger partial charge is 0.461 e. The minimum absolute atomic E-state index is 0.0195. The molecule has 0 unspecified atom stereocenters. The van der Waals surface area contributed by atoms with Crippen molar-refractivity contribution in [1.82, 2.24) is 0 Å². The molecule has 3 fully saturated rings. The molecule has 0 aromatic heterocycles. The summed E-state index contributed by atoms with van der Waals surface area (Å²) >= 11 is 2.37. The van der Waals surface area contributed by atoms with Crippen molar-refractivity contribution < 1.29 is 14.6 Å². The fraction of sp³-hybridized carbons (Fsp3) is 0.889. The summed E-state index contributed by atoms with van der Waals surface area (Å²) in [4.78, 5) is 11.5. The van der Waals surface area contributed by atoms with E-state index in [4.69, 9.17) is 4.74 Å². The van der Waals surface area contributed by atoms with Gasteiger partial charge in [-0.3, -0.25) is 4.79 Å². The molecule has 1 aliphatic heterocycles. The molecule has 13 heavy (non-hydrogen) atoms. The van der Waals surface area contributed by atoms with Gasteiger partial charge >= 0.3 is 5.97 Å². The molecule has 1 N–H and O–H groups in total. The molecule has 0 radical (unpaired) electrons. The Balaban J connectivity index is 2.01. The second-order valence-corrected chi connectivity index (χ2v) is 5.72. The Hall–Kier alpha value is 0.160. The van der Waals surface area contributed by atoms with Crippen molar-refractivity contribution in [3.8, 4) is 0 Å². The lowest BCUT2D eigenvalue weighted by molar-refractivity contribution is -0.144. The summed E-state index contributed by atoms with van der Waals surface area (Å²) in [5.41, 5.74) is 0. The van der Waals surface area contributed by atoms with Gasteiger partial charge in [-0.1, -0.05) is 22.6 Å². The highest BCUT2D eigenvalue weighted by molar-refractivity contribution is 14.1. The number of aliphatic hydroxyl groups excluding tert-OH is 1. The minimum Gasteiger partial charge on any atom is -0.461 e. The maximum atomic E-state index is 11.5. The van der Waals surface area contributed by atoms with Crippen LogP contribution in [0.5, 0.6) is 0 Å². The maximum absolute atomic E-state index is 11.5. The topological polar surface area (TPSA) is 46.5 Å². The lowest BCUT2D eigenvalue weighted by Gasteiger charge is -2.26. The van der Waals surface area contributed by atoms with Crippen molar-refractivity contribution >= 4 is 28.6 Å². The fourth-order valence-corrected chi connectivity index (χ4v) is 4.87. The smallest absolute Gasteiger partial charge is 0.310 e. The average Bonchev–Trinajstić information content (AvgIpc) is 2.68. The molecule has 1 heterocycles. The van der Waals surface area contributed by atoms with E-state index in [1.54, 1.807) is 0 Å². The number of alkyl halides is 1. The number of halogens is 1. The molecule has 2 saturated carbocycles. The number of esters is 1. The first-order valence-corrected chi connectivity index (χ1v) is 5.94. The average molecular weight is 294 g/mol. The van der Waals surface area contributed by atoms with Crippen LogP contribution in [0.15, 0.2) is 0 Å². The Morgan fingerprint density at radius 1 is 1.54 bits per heavy atom. The van der Waals surface area contributed by atoms with Crippen LogP contribution < -0.4 is 0 Å². The van der Waals surface area contributed by atoms with E-state index in [1.807, 2.05) is 0 Å². The third kappa shape index (κ3) is 0.862. The van der Waals surface area contributed by atoms with E-state index >= 15 is 0 Å². The monoisotopic (exact) mass is 294 g/mol. The third-order valence-electron chi connectivity index (χ3n) is 3.90. The van der Waals surface area contributed by atoms with Crippen LogP contribution in [0.1, 0.15) is 6.42 Å². The second kappa shape index (κ2) is 2.59. The van der Waals surface area contributed by atoms with Gasteiger partial charge in [0.1, 0.15) is 6.10 Å². The molecule has 0 aromatic rings. The molecule has 3 nitrogen and oxygen atoms in total. The number of hydrogen-bond acceptors (Lipinski definition) is 3. The zero-order chi connectivity index (χ0) is 9.16. The van der Waals surface area contributed by atoms with Crippen molar-refractivity contribution in [2.24, 2.45) is 23.7 Å². The summed E-state index contributed by atoms with van der Waals surface area (Å²) in [6, 6.07) is 0. The number of ether oxygens (including phenoxy) is 1. The fourth-order valence-electron chi connectivity index (χ4n) is 3.37. The van der Waals surface area contributed by atoms with E-state index in [2.05, 4.69) is 22.6 Å². The number of aliphatic hydroxyl groups is 1. The molecule has 0 spiro atoms. The molecule has 2 aliphatic carbocycles. The quantitative estimate of drug-likeness (QED) is 0.437. The molecule has 0 amide bonds. The van der Waals surface area contributed by atoms with Gasteiger partial charge in [0.15, 0.2) is 0 Å². The lowest BCUT2D eigenvalue weighted by atomic mass is 9.80. The first kappa shape index (κ1) is 8.47. The van der Waals surface area contributed by atoms with Gasteiger partial charge in [-0.05, 0) is 18.3 Å². The number of fused-ring (bicyclic) bond motifs is 1. The van der Waals surface area contributed by atoms with Crippen LogP contribution in [0.25, 0.3) is 0 Å². The minimum atomic E-state index is -0.0595. The van der Waals surface area contributed by atoms with Gasteiger partial charge in [-0.25, -0.2) is 0 Å². The normalized spacial score (nSPS) is 57.2. The molecule has 0 aromatic carbocycles. The SMILES string of the molecule is O=C1O[C@@H]2[C@@H](I)[C@@H]3C[C@@H]2[C@@H]1[C@@H]3CO. The van der Waals surface area contributed by atoms with Gasteiger partial charge in [0, 0.05) is 12.5 Å². The van der Waals surface area contributed by atoms with E-state index in [-0.39, 0.29) is 30.5 Å².